The predicted octanol–water partition coefficient (Wildman–Crippen LogP) is 10.4. The fourth-order valence-corrected chi connectivity index (χ4v) is 7.26. The van der Waals surface area contributed by atoms with Crippen LogP contribution in [0.5, 0.6) is 0 Å². The maximum absolute atomic E-state index is 12.0. The number of nitrogens with zero attached hydrogens (tertiary/aromatic N) is 5. The second kappa shape index (κ2) is 30.7. The number of fused-ring (bicyclic) bond motifs is 3. The molecule has 6 aromatic heterocycles. The first-order valence-corrected chi connectivity index (χ1v) is 23.7. The third-order valence-electron chi connectivity index (χ3n) is 9.77. The predicted molar refractivity (Wildman–Crippen MR) is 313 cm³/mol. The molecule has 0 radical (unpaired) electrons. The second-order valence-electron chi connectivity index (χ2n) is 16.1. The summed E-state index contributed by atoms with van der Waals surface area (Å²) in [6.07, 6.45) is 16.6. The lowest BCUT2D eigenvalue weighted by Crippen LogP contribution is -2.29. The fourth-order valence-electron chi connectivity index (χ4n) is 6.34. The van der Waals surface area contributed by atoms with Gasteiger partial charge in [-0.3, -0.25) is 4.79 Å². The maximum atomic E-state index is 12.0. The fraction of sp³-hybridized carbons (Fsp3) is 0.118. The summed E-state index contributed by atoms with van der Waals surface area (Å²) in [5, 5.41) is 33.1. The van der Waals surface area contributed by atoms with E-state index in [1.165, 1.54) is 6.07 Å². The SMILES string of the molecule is CN(C)C/C=C/C(=O)Nc1cccc(-c2cnc3[nH]cc(Cl)c3c2)c1.CN(C)C/C=C/C(=O)O.Cl.Cl.Clc1c[nH]c2ncc(Br)cc12.Nc1cccc(-c2cnc3[nH]cc(Cl)c3c2)c1.Nc1cccc(B(O)O)c1. The van der Waals surface area contributed by atoms with E-state index in [0.717, 1.165) is 83.8 Å². The molecule has 6 heterocycles. The average Bonchev–Trinajstić information content (AvgIpc) is 4.04. The molecule has 3 aromatic carbocycles. The zero-order valence-electron chi connectivity index (χ0n) is 40.3. The molecule has 0 saturated carbocycles. The van der Waals surface area contributed by atoms with Gasteiger partial charge in [-0.05, 0) is 115 Å². The van der Waals surface area contributed by atoms with E-state index in [1.807, 2.05) is 117 Å². The van der Waals surface area contributed by atoms with E-state index in [4.69, 9.17) is 61.4 Å². The third-order valence-corrected chi connectivity index (χ3v) is 11.1. The first-order valence-electron chi connectivity index (χ1n) is 21.7. The average molecular weight is 1170 g/mol. The Kier molecular flexibility index (Phi) is 25.7. The van der Waals surface area contributed by atoms with Crippen LogP contribution in [-0.2, 0) is 9.59 Å². The van der Waals surface area contributed by atoms with Crippen molar-refractivity contribution in [3.8, 4) is 22.3 Å². The number of likely N-dealkylation sites (N-methyl/N-ethyl adjacent to an activating group) is 2. The van der Waals surface area contributed by atoms with Crippen molar-refractivity contribution in [2.24, 2.45) is 0 Å². The van der Waals surface area contributed by atoms with Crippen molar-refractivity contribution in [3.05, 3.63) is 172 Å². The molecule has 11 N–H and O–H groups in total. The van der Waals surface area contributed by atoms with E-state index in [0.29, 0.717) is 32.8 Å². The number of aliphatic carboxylic acids is 1. The molecule has 0 bridgehead atoms. The molecule has 9 rings (SSSR count). The molecule has 0 spiro atoms. The van der Waals surface area contributed by atoms with Crippen molar-refractivity contribution in [2.45, 2.75) is 0 Å². The summed E-state index contributed by atoms with van der Waals surface area (Å²) in [4.78, 5) is 47.5. The topological polar surface area (TPSA) is 251 Å². The molecule has 0 atom stereocenters. The van der Waals surface area contributed by atoms with Gasteiger partial charge >= 0.3 is 13.1 Å². The minimum atomic E-state index is -1.43. The summed E-state index contributed by atoms with van der Waals surface area (Å²) in [6, 6.07) is 27.8. The minimum Gasteiger partial charge on any atom is -0.478 e. The lowest BCUT2D eigenvalue weighted by molar-refractivity contribution is -0.131. The number of rotatable bonds is 10. The Balaban J connectivity index is 0.000000257. The number of nitrogens with one attached hydrogen (secondary N) is 4. The molecular weight excluding hydrogens is 1110 g/mol. The highest BCUT2D eigenvalue weighted by Gasteiger charge is 2.10. The van der Waals surface area contributed by atoms with Crippen LogP contribution in [-0.4, -0.2) is 115 Å². The number of halogens is 6. The van der Waals surface area contributed by atoms with Crippen LogP contribution in [0.3, 0.4) is 0 Å². The Bertz CT molecular complexity index is 3300. The van der Waals surface area contributed by atoms with Crippen molar-refractivity contribution >= 4 is 150 Å². The Hall–Kier alpha value is -6.42. The van der Waals surface area contributed by atoms with Gasteiger partial charge in [0, 0.05) is 111 Å². The smallest absolute Gasteiger partial charge is 0.478 e. The van der Waals surface area contributed by atoms with Crippen LogP contribution >= 0.6 is 75.5 Å². The monoisotopic (exact) mass is 1170 g/mol. The molecule has 74 heavy (non-hydrogen) atoms. The number of hydrogen-bond donors (Lipinski definition) is 9. The molecule has 0 saturated heterocycles. The maximum Gasteiger partial charge on any atom is 0.488 e. The van der Waals surface area contributed by atoms with Crippen LogP contribution in [0.25, 0.3) is 55.4 Å². The van der Waals surface area contributed by atoms with Gasteiger partial charge in [-0.1, -0.05) is 83.4 Å². The highest BCUT2D eigenvalue weighted by Crippen LogP contribution is 2.30. The van der Waals surface area contributed by atoms with E-state index >= 15 is 0 Å². The summed E-state index contributed by atoms with van der Waals surface area (Å²) in [7, 11) is 6.24. The van der Waals surface area contributed by atoms with E-state index in [-0.39, 0.29) is 30.7 Å². The molecule has 0 aliphatic carbocycles. The number of benzene rings is 3. The number of nitrogen functional groups attached to an aromatic ring is 2. The molecule has 0 aliphatic heterocycles. The highest BCUT2D eigenvalue weighted by molar-refractivity contribution is 9.10. The molecule has 0 fully saturated rings. The van der Waals surface area contributed by atoms with Gasteiger partial charge in [-0.2, -0.15) is 0 Å². The number of carboxylic acids is 1. The number of pyridine rings is 3. The summed E-state index contributed by atoms with van der Waals surface area (Å²) < 4.78 is 0.937. The normalized spacial score (nSPS) is 10.6. The van der Waals surface area contributed by atoms with Crippen LogP contribution in [0.2, 0.25) is 15.1 Å². The lowest BCUT2D eigenvalue weighted by atomic mass is 9.80. The molecule has 0 aliphatic rings. The summed E-state index contributed by atoms with van der Waals surface area (Å²) in [5.74, 6) is -1.04. The van der Waals surface area contributed by atoms with Crippen LogP contribution in [0.4, 0.5) is 17.1 Å². The molecule has 1 amide bonds. The minimum absolute atomic E-state index is 0. The zero-order chi connectivity index (χ0) is 52.3. The first kappa shape index (κ1) is 61.9. The van der Waals surface area contributed by atoms with Crippen molar-refractivity contribution in [1.29, 1.82) is 0 Å². The number of amides is 1. The zero-order valence-corrected chi connectivity index (χ0v) is 45.8. The Morgan fingerprint density at radius 1 is 0.635 bits per heavy atom. The van der Waals surface area contributed by atoms with Gasteiger partial charge in [0.2, 0.25) is 5.91 Å². The summed E-state index contributed by atoms with van der Waals surface area (Å²) in [5.41, 5.74) is 19.9. The van der Waals surface area contributed by atoms with Crippen LogP contribution in [0.1, 0.15) is 0 Å². The van der Waals surface area contributed by atoms with E-state index < -0.39 is 13.1 Å². The van der Waals surface area contributed by atoms with Crippen LogP contribution < -0.4 is 22.2 Å². The Morgan fingerprint density at radius 3 is 1.54 bits per heavy atom. The second-order valence-corrected chi connectivity index (χ2v) is 18.2. The number of aromatic nitrogens is 6. The summed E-state index contributed by atoms with van der Waals surface area (Å²) >= 11 is 21.4. The van der Waals surface area contributed by atoms with Crippen molar-refractivity contribution < 1.29 is 24.7 Å². The number of carbonyl (C=O) groups is 2. The number of aromatic amines is 3. The van der Waals surface area contributed by atoms with E-state index in [1.54, 1.807) is 61.3 Å². The molecule has 388 valence electrons. The van der Waals surface area contributed by atoms with Crippen molar-refractivity contribution in [2.75, 3.05) is 58.1 Å². The van der Waals surface area contributed by atoms with Gasteiger partial charge in [0.25, 0.3) is 0 Å². The van der Waals surface area contributed by atoms with Gasteiger partial charge in [-0.25, -0.2) is 19.7 Å². The number of carboxylic acid groups (broad SMARTS) is 1. The number of carbonyl (C=O) groups excluding carboxylic acids is 1. The molecule has 23 heteroatoms. The highest BCUT2D eigenvalue weighted by atomic mass is 79.9. The standard InChI is InChI=1S/C19H19ClN4O.C13H10ClN3.C7H4BrClN2.C6H8BNO2.C6H11NO2.2ClH/c1-24(2)8-4-7-18(25)23-15-6-3-5-13(9-15)14-10-16-17(20)12-22-19(16)21-11-14;14-12-7-17-13-11(12)5-9(6-16-13)8-2-1-3-10(15)4-8;8-4-1-5-6(9)3-11-7(5)10-2-4;8-6-3-1-2-5(4-6)7(9)10;1-7(2)5-3-4-6(8)9;;/h3-7,9-12H,8H2,1-2H3,(H,21,22)(H,23,25);1-7H,15H2,(H,16,17);1-3H,(H,10,11);1-4,9-10H,8H2;3-4H,5H2,1-2H3,(H,8,9);2*1H/b7-4+;;;;4-3+;;. The first-order chi connectivity index (χ1) is 34.4. The lowest BCUT2D eigenvalue weighted by Gasteiger charge is -2.07. The van der Waals surface area contributed by atoms with Gasteiger partial charge in [0.1, 0.15) is 16.9 Å². The summed E-state index contributed by atoms with van der Waals surface area (Å²) in [6.45, 7) is 1.39. The molecular formula is C51H54BBrCl5N11O5. The van der Waals surface area contributed by atoms with Crippen LogP contribution in [0, 0.1) is 0 Å². The third kappa shape index (κ3) is 19.8. The van der Waals surface area contributed by atoms with E-state index in [9.17, 15) is 9.59 Å². The Morgan fingerprint density at radius 2 is 1.08 bits per heavy atom. The number of anilines is 3. The molecule has 0 unspecified atom stereocenters. The van der Waals surface area contributed by atoms with Gasteiger partial charge in [0.15, 0.2) is 0 Å². The molecule has 9 aromatic rings. The van der Waals surface area contributed by atoms with Gasteiger partial charge in [0.05, 0.1) is 15.1 Å². The van der Waals surface area contributed by atoms with Crippen molar-refractivity contribution in [3.63, 3.8) is 0 Å². The van der Waals surface area contributed by atoms with Crippen molar-refractivity contribution in [1.82, 2.24) is 39.7 Å². The Labute approximate surface area is 464 Å². The molecule has 16 nitrogen and oxygen atoms in total. The number of hydrogen-bond acceptors (Lipinski definition) is 11. The number of nitrogens with two attached hydrogens (primary N) is 2. The van der Waals surface area contributed by atoms with Gasteiger partial charge < -0.3 is 56.7 Å². The number of H-pyrrole nitrogens is 3. The van der Waals surface area contributed by atoms with E-state index in [2.05, 4.69) is 51.2 Å². The van der Waals surface area contributed by atoms with Crippen LogP contribution in [0.15, 0.2) is 157 Å². The quantitative estimate of drug-likeness (QED) is 0.0352. The largest absolute Gasteiger partial charge is 0.488 e. The van der Waals surface area contributed by atoms with Gasteiger partial charge in [-0.15, -0.1) is 24.8 Å².